The van der Waals surface area contributed by atoms with Crippen molar-refractivity contribution in [1.82, 2.24) is 10.6 Å². The fourth-order valence-corrected chi connectivity index (χ4v) is 2.73. The summed E-state index contributed by atoms with van der Waals surface area (Å²) < 4.78 is 5.29. The molecule has 1 rings (SSSR count). The molecule has 136 valence electrons. The number of ether oxygens (including phenoxy) is 1. The summed E-state index contributed by atoms with van der Waals surface area (Å²) in [6.07, 6.45) is 3.08. The molecular formula is C19H33N3O2. The van der Waals surface area contributed by atoms with Crippen LogP contribution in [0.5, 0.6) is 5.75 Å². The highest BCUT2D eigenvalue weighted by Gasteiger charge is 2.08. The number of methoxy groups -OCH3 is 1. The lowest BCUT2D eigenvalue weighted by atomic mass is 10.0. The second kappa shape index (κ2) is 11.7. The molecule has 5 heteroatoms. The molecule has 0 aliphatic carbocycles. The van der Waals surface area contributed by atoms with Crippen LogP contribution in [0.15, 0.2) is 23.2 Å². The van der Waals surface area contributed by atoms with Crippen LogP contribution in [0.2, 0.25) is 0 Å². The number of aliphatic imine (C=N–C) groups is 1. The van der Waals surface area contributed by atoms with Crippen molar-refractivity contribution in [3.05, 3.63) is 29.3 Å². The van der Waals surface area contributed by atoms with Crippen LogP contribution in [-0.4, -0.2) is 37.9 Å². The minimum absolute atomic E-state index is 0.241. The van der Waals surface area contributed by atoms with Gasteiger partial charge in [-0.15, -0.1) is 0 Å². The molecule has 1 atom stereocenters. The standard InChI is InChI=1S/C19H33N3O2/c1-5-7-16(10-11-23)13-21-19(20-6-2)22-14-17-8-9-18(24-4)15(3)12-17/h8-9,12,16,23H,5-7,10-11,13-14H2,1-4H3,(H2,20,21,22). The average molecular weight is 335 g/mol. The number of aliphatic hydroxyl groups is 1. The van der Waals surface area contributed by atoms with Gasteiger partial charge in [0.05, 0.1) is 13.7 Å². The fraction of sp³-hybridized carbons (Fsp3) is 0.632. The molecule has 0 heterocycles. The van der Waals surface area contributed by atoms with Crippen molar-refractivity contribution in [3.63, 3.8) is 0 Å². The van der Waals surface area contributed by atoms with Gasteiger partial charge < -0.3 is 20.5 Å². The molecule has 0 saturated heterocycles. The zero-order valence-electron chi connectivity index (χ0n) is 15.6. The van der Waals surface area contributed by atoms with Crippen molar-refractivity contribution in [2.24, 2.45) is 10.9 Å². The van der Waals surface area contributed by atoms with E-state index in [4.69, 9.17) is 9.84 Å². The van der Waals surface area contributed by atoms with Crippen LogP contribution in [0.3, 0.4) is 0 Å². The third-order valence-electron chi connectivity index (χ3n) is 4.02. The summed E-state index contributed by atoms with van der Waals surface area (Å²) in [6.45, 7) is 8.80. The second-order valence-corrected chi connectivity index (χ2v) is 6.05. The number of aliphatic hydroxyl groups excluding tert-OH is 1. The maximum Gasteiger partial charge on any atom is 0.191 e. The molecule has 5 nitrogen and oxygen atoms in total. The first-order valence-corrected chi connectivity index (χ1v) is 8.91. The summed E-state index contributed by atoms with van der Waals surface area (Å²) in [5, 5.41) is 15.9. The zero-order valence-corrected chi connectivity index (χ0v) is 15.6. The van der Waals surface area contributed by atoms with Crippen molar-refractivity contribution in [3.8, 4) is 5.75 Å². The van der Waals surface area contributed by atoms with Crippen LogP contribution in [0.25, 0.3) is 0 Å². The molecule has 0 saturated carbocycles. The van der Waals surface area contributed by atoms with E-state index in [1.165, 1.54) is 0 Å². The van der Waals surface area contributed by atoms with Crippen LogP contribution >= 0.6 is 0 Å². The highest BCUT2D eigenvalue weighted by Crippen LogP contribution is 2.18. The Kier molecular flexibility index (Phi) is 9.92. The summed E-state index contributed by atoms with van der Waals surface area (Å²) in [7, 11) is 1.69. The number of nitrogens with one attached hydrogen (secondary N) is 2. The zero-order chi connectivity index (χ0) is 17.8. The summed E-state index contributed by atoms with van der Waals surface area (Å²) in [4.78, 5) is 4.66. The van der Waals surface area contributed by atoms with Crippen LogP contribution < -0.4 is 15.4 Å². The van der Waals surface area contributed by atoms with Crippen molar-refractivity contribution in [1.29, 1.82) is 0 Å². The number of benzene rings is 1. The Labute approximate surface area is 146 Å². The molecule has 1 aromatic rings. The van der Waals surface area contributed by atoms with Crippen LogP contribution in [0.1, 0.15) is 44.2 Å². The normalized spacial score (nSPS) is 12.8. The molecule has 0 aliphatic rings. The topological polar surface area (TPSA) is 65.9 Å². The second-order valence-electron chi connectivity index (χ2n) is 6.05. The minimum atomic E-state index is 0.241. The molecule has 0 fully saturated rings. The Bertz CT molecular complexity index is 497. The third-order valence-corrected chi connectivity index (χ3v) is 4.02. The van der Waals surface area contributed by atoms with Gasteiger partial charge in [0.15, 0.2) is 5.96 Å². The Morgan fingerprint density at radius 2 is 2.04 bits per heavy atom. The van der Waals surface area contributed by atoms with Crippen LogP contribution in [-0.2, 0) is 6.54 Å². The Morgan fingerprint density at radius 1 is 1.25 bits per heavy atom. The lowest BCUT2D eigenvalue weighted by Gasteiger charge is -2.18. The summed E-state index contributed by atoms with van der Waals surface area (Å²) in [5.41, 5.74) is 2.28. The smallest absolute Gasteiger partial charge is 0.191 e. The number of guanidine groups is 1. The molecular weight excluding hydrogens is 302 g/mol. The van der Waals surface area contributed by atoms with E-state index in [-0.39, 0.29) is 6.61 Å². The first-order valence-electron chi connectivity index (χ1n) is 8.91. The number of nitrogens with zero attached hydrogens (tertiary/aromatic N) is 1. The van der Waals surface area contributed by atoms with Gasteiger partial charge >= 0.3 is 0 Å². The molecule has 0 spiro atoms. The largest absolute Gasteiger partial charge is 0.496 e. The number of rotatable bonds is 10. The molecule has 3 N–H and O–H groups in total. The molecule has 1 unspecified atom stereocenters. The van der Waals surface area contributed by atoms with E-state index in [9.17, 15) is 0 Å². The van der Waals surface area contributed by atoms with Gasteiger partial charge in [-0.05, 0) is 49.8 Å². The number of aryl methyl sites for hydroxylation is 1. The van der Waals surface area contributed by atoms with Crippen molar-refractivity contribution >= 4 is 5.96 Å². The molecule has 0 radical (unpaired) electrons. The predicted octanol–water partition coefficient (Wildman–Crippen LogP) is 2.86. The Hall–Kier alpha value is -1.75. The maximum absolute atomic E-state index is 9.17. The maximum atomic E-state index is 9.17. The van der Waals surface area contributed by atoms with Gasteiger partial charge in [-0.1, -0.05) is 25.5 Å². The Morgan fingerprint density at radius 3 is 2.62 bits per heavy atom. The minimum Gasteiger partial charge on any atom is -0.496 e. The van der Waals surface area contributed by atoms with Gasteiger partial charge in [0, 0.05) is 19.7 Å². The van der Waals surface area contributed by atoms with Crippen LogP contribution in [0.4, 0.5) is 0 Å². The highest BCUT2D eigenvalue weighted by atomic mass is 16.5. The van der Waals surface area contributed by atoms with Crippen molar-refractivity contribution < 1.29 is 9.84 Å². The van der Waals surface area contributed by atoms with E-state index in [0.29, 0.717) is 12.5 Å². The van der Waals surface area contributed by atoms with E-state index < -0.39 is 0 Å². The van der Waals surface area contributed by atoms with Gasteiger partial charge in [0.2, 0.25) is 0 Å². The van der Waals surface area contributed by atoms with E-state index in [2.05, 4.69) is 35.5 Å². The molecule has 0 amide bonds. The summed E-state index contributed by atoms with van der Waals surface area (Å²) in [6, 6.07) is 6.14. The van der Waals surface area contributed by atoms with E-state index in [1.54, 1.807) is 7.11 Å². The monoisotopic (exact) mass is 335 g/mol. The van der Waals surface area contributed by atoms with Crippen LogP contribution in [0, 0.1) is 12.8 Å². The molecule has 0 aromatic heterocycles. The highest BCUT2D eigenvalue weighted by molar-refractivity contribution is 5.79. The summed E-state index contributed by atoms with van der Waals surface area (Å²) in [5.74, 6) is 2.20. The molecule has 1 aromatic carbocycles. The fourth-order valence-electron chi connectivity index (χ4n) is 2.73. The van der Waals surface area contributed by atoms with Gasteiger partial charge in [-0.3, -0.25) is 0 Å². The van der Waals surface area contributed by atoms with E-state index >= 15 is 0 Å². The average Bonchev–Trinajstić information content (AvgIpc) is 2.57. The van der Waals surface area contributed by atoms with Gasteiger partial charge in [0.1, 0.15) is 5.75 Å². The predicted molar refractivity (Wildman–Crippen MR) is 101 cm³/mol. The van der Waals surface area contributed by atoms with Gasteiger partial charge in [0.25, 0.3) is 0 Å². The molecule has 0 aliphatic heterocycles. The quantitative estimate of drug-likeness (QED) is 0.454. The molecule has 24 heavy (non-hydrogen) atoms. The van der Waals surface area contributed by atoms with Gasteiger partial charge in [-0.25, -0.2) is 4.99 Å². The first kappa shape index (κ1) is 20.3. The lowest BCUT2D eigenvalue weighted by molar-refractivity contribution is 0.251. The van der Waals surface area contributed by atoms with E-state index in [0.717, 1.165) is 55.2 Å². The first-order chi connectivity index (χ1) is 11.6. The lowest BCUT2D eigenvalue weighted by Crippen LogP contribution is -2.40. The number of hydrogen-bond donors (Lipinski definition) is 3. The Balaban J connectivity index is 2.65. The van der Waals surface area contributed by atoms with Crippen molar-refractivity contribution in [2.75, 3.05) is 26.8 Å². The summed E-state index contributed by atoms with van der Waals surface area (Å²) >= 11 is 0. The SMILES string of the molecule is CCCC(CCO)CNC(=NCc1ccc(OC)c(C)c1)NCC. The number of hydrogen-bond acceptors (Lipinski definition) is 3. The third kappa shape index (κ3) is 7.21. The van der Waals surface area contributed by atoms with E-state index in [1.807, 2.05) is 19.1 Å². The van der Waals surface area contributed by atoms with Gasteiger partial charge in [-0.2, -0.15) is 0 Å². The molecule has 0 bridgehead atoms. The van der Waals surface area contributed by atoms with Crippen molar-refractivity contribution in [2.45, 2.75) is 46.6 Å².